The van der Waals surface area contributed by atoms with E-state index >= 15 is 0 Å². The molecule has 150 valence electrons. The minimum absolute atomic E-state index is 0.00944. The molecule has 0 aromatic rings. The van der Waals surface area contributed by atoms with Crippen LogP contribution in [0.15, 0.2) is 24.3 Å². The third-order valence-electron chi connectivity index (χ3n) is 4.13. The van der Waals surface area contributed by atoms with E-state index < -0.39 is 12.2 Å². The van der Waals surface area contributed by atoms with Crippen LogP contribution in [0, 0.1) is 0 Å². The molecule has 0 bridgehead atoms. The van der Waals surface area contributed by atoms with Gasteiger partial charge in [-0.25, -0.2) is 0 Å². The Kier molecular flexibility index (Phi) is 13.6. The average Bonchev–Trinajstić information content (AvgIpc) is 2.55. The number of carbonyl (C=O) groups is 2. The Morgan fingerprint density at radius 1 is 1.00 bits per heavy atom. The highest BCUT2D eigenvalue weighted by Crippen LogP contribution is 2.13. The van der Waals surface area contributed by atoms with Crippen molar-refractivity contribution in [1.82, 2.24) is 0 Å². The van der Waals surface area contributed by atoms with E-state index in [0.717, 1.165) is 6.42 Å². The molecule has 5 heteroatoms. The molecular weight excluding hydrogens is 330 g/mol. The van der Waals surface area contributed by atoms with Gasteiger partial charge < -0.3 is 9.84 Å². The van der Waals surface area contributed by atoms with E-state index in [0.29, 0.717) is 10.9 Å². The summed E-state index contributed by atoms with van der Waals surface area (Å²) in [6.45, 7) is 2.23. The fourth-order valence-corrected chi connectivity index (χ4v) is 2.51. The van der Waals surface area contributed by atoms with E-state index in [1.54, 1.807) is 6.08 Å². The van der Waals surface area contributed by atoms with Crippen molar-refractivity contribution in [2.45, 2.75) is 77.4 Å². The van der Waals surface area contributed by atoms with Gasteiger partial charge in [0, 0.05) is 6.42 Å². The smallest absolute Gasteiger partial charge is 0.314 e. The third kappa shape index (κ3) is 14.7. The largest absolute Gasteiger partial charge is 0.481 e. The monoisotopic (exact) mass is 368 g/mol. The number of allylic oxidation sites excluding steroid dienone is 3. The molecule has 0 unspecified atom stereocenters. The molecule has 0 saturated carbocycles. The average molecular weight is 369 g/mol. The Morgan fingerprint density at radius 3 is 2.23 bits per heavy atom. The van der Waals surface area contributed by atoms with Gasteiger partial charge in [-0.3, -0.25) is 14.1 Å². The van der Waals surface area contributed by atoms with Crippen LogP contribution in [0.4, 0.5) is 0 Å². The number of carbonyl (C=O) groups excluding carboxylic acids is 1. The lowest BCUT2D eigenvalue weighted by atomic mass is 10.1. The second-order valence-corrected chi connectivity index (χ2v) is 7.61. The summed E-state index contributed by atoms with van der Waals surface area (Å²) in [6.07, 6.45) is 16.6. The van der Waals surface area contributed by atoms with Crippen molar-refractivity contribution < 1.29 is 23.9 Å². The number of aliphatic carboxylic acids is 1. The Morgan fingerprint density at radius 2 is 1.62 bits per heavy atom. The van der Waals surface area contributed by atoms with Crippen LogP contribution < -0.4 is 0 Å². The number of hydrogen-bond acceptors (Lipinski definition) is 3. The Balaban J connectivity index is 4.01. The lowest BCUT2D eigenvalue weighted by Gasteiger charge is -2.32. The van der Waals surface area contributed by atoms with Crippen LogP contribution in [0.1, 0.15) is 71.1 Å². The van der Waals surface area contributed by atoms with Gasteiger partial charge in [-0.2, -0.15) is 0 Å². The van der Waals surface area contributed by atoms with Crippen LogP contribution in [0.25, 0.3) is 0 Å². The van der Waals surface area contributed by atoms with Crippen LogP contribution >= 0.6 is 0 Å². The molecule has 0 radical (unpaired) electrons. The number of unbranched alkanes of at least 4 members (excludes halogenated alkanes) is 6. The predicted octanol–water partition coefficient (Wildman–Crippen LogP) is 4.68. The van der Waals surface area contributed by atoms with E-state index in [9.17, 15) is 9.59 Å². The summed E-state index contributed by atoms with van der Waals surface area (Å²) in [5.41, 5.74) is 0. The number of esters is 1. The number of rotatable bonds is 15. The van der Waals surface area contributed by atoms with Gasteiger partial charge in [0.2, 0.25) is 6.23 Å². The van der Waals surface area contributed by atoms with E-state index in [1.807, 2.05) is 33.3 Å². The SMILES string of the molecule is CCCCCCCC/C=C/C=C/CC(=O)O[C@@H](CCC(=O)O)[N+](C)(C)C. The molecular formula is C21H38NO4+. The first-order valence-corrected chi connectivity index (χ1v) is 9.81. The molecule has 0 aliphatic heterocycles. The van der Waals surface area contributed by atoms with Crippen LogP contribution in [0.5, 0.6) is 0 Å². The third-order valence-corrected chi connectivity index (χ3v) is 4.13. The van der Waals surface area contributed by atoms with Gasteiger partial charge in [0.15, 0.2) is 0 Å². The highest BCUT2D eigenvalue weighted by atomic mass is 16.6. The maximum absolute atomic E-state index is 12.0. The molecule has 0 rings (SSSR count). The van der Waals surface area contributed by atoms with Crippen molar-refractivity contribution >= 4 is 11.9 Å². The Hall–Kier alpha value is -1.62. The summed E-state index contributed by atoms with van der Waals surface area (Å²) >= 11 is 0. The second-order valence-electron chi connectivity index (χ2n) is 7.61. The Bertz CT molecular complexity index is 449. The molecule has 0 heterocycles. The fraction of sp³-hybridized carbons (Fsp3) is 0.714. The molecule has 0 spiro atoms. The predicted molar refractivity (Wildman–Crippen MR) is 106 cm³/mol. The molecule has 1 atom stereocenters. The minimum atomic E-state index is -0.880. The molecule has 1 N–H and O–H groups in total. The number of carboxylic acids is 1. The van der Waals surface area contributed by atoms with Crippen LogP contribution in [-0.2, 0) is 14.3 Å². The number of quaternary nitrogens is 1. The summed E-state index contributed by atoms with van der Waals surface area (Å²) in [4.78, 5) is 22.7. The summed E-state index contributed by atoms with van der Waals surface area (Å²) in [7, 11) is 5.67. The molecule has 5 nitrogen and oxygen atoms in total. The standard InChI is InChI=1S/C21H37NO4/c1-5-6-7-8-9-10-11-12-13-14-15-16-21(25)26-19(22(2,3)4)17-18-20(23)24/h12-15,19H,5-11,16-18H2,1-4H3/p+1/b13-12+,15-14+/t19-/m0/s1. The quantitative estimate of drug-likeness (QED) is 0.150. The molecule has 0 aromatic heterocycles. The van der Waals surface area contributed by atoms with Gasteiger partial charge in [0.1, 0.15) is 0 Å². The zero-order chi connectivity index (χ0) is 19.8. The highest BCUT2D eigenvalue weighted by Gasteiger charge is 2.27. The lowest BCUT2D eigenvalue weighted by Crippen LogP contribution is -2.47. The van der Waals surface area contributed by atoms with E-state index in [-0.39, 0.29) is 18.8 Å². The van der Waals surface area contributed by atoms with E-state index in [4.69, 9.17) is 9.84 Å². The molecule has 0 aromatic carbocycles. The minimum Gasteiger partial charge on any atom is -0.481 e. The number of nitrogens with zero attached hydrogens (tertiary/aromatic N) is 1. The normalized spacial score (nSPS) is 13.4. The van der Waals surface area contributed by atoms with E-state index in [2.05, 4.69) is 13.0 Å². The van der Waals surface area contributed by atoms with Crippen molar-refractivity contribution in [3.05, 3.63) is 24.3 Å². The van der Waals surface area contributed by atoms with Crippen LogP contribution in [-0.4, -0.2) is 48.9 Å². The summed E-state index contributed by atoms with van der Waals surface area (Å²) < 4.78 is 5.84. The Labute approximate surface area is 159 Å². The summed E-state index contributed by atoms with van der Waals surface area (Å²) in [5.74, 6) is -1.20. The fourth-order valence-electron chi connectivity index (χ4n) is 2.51. The van der Waals surface area contributed by atoms with Gasteiger partial charge in [0.05, 0.1) is 34.0 Å². The van der Waals surface area contributed by atoms with Crippen molar-refractivity contribution in [2.24, 2.45) is 0 Å². The molecule has 0 fully saturated rings. The molecule has 0 aliphatic rings. The van der Waals surface area contributed by atoms with Crippen molar-refractivity contribution in [1.29, 1.82) is 0 Å². The van der Waals surface area contributed by atoms with Gasteiger partial charge in [-0.15, -0.1) is 0 Å². The number of ether oxygens (including phenoxy) is 1. The number of carboxylic acid groups (broad SMARTS) is 1. The van der Waals surface area contributed by atoms with Crippen molar-refractivity contribution in [3.63, 3.8) is 0 Å². The lowest BCUT2D eigenvalue weighted by molar-refractivity contribution is -0.917. The van der Waals surface area contributed by atoms with Crippen molar-refractivity contribution in [2.75, 3.05) is 21.1 Å². The number of hydrogen-bond donors (Lipinski definition) is 1. The maximum Gasteiger partial charge on any atom is 0.314 e. The zero-order valence-corrected chi connectivity index (χ0v) is 17.1. The molecule has 0 amide bonds. The first-order chi connectivity index (χ1) is 12.3. The topological polar surface area (TPSA) is 63.6 Å². The van der Waals surface area contributed by atoms with Gasteiger partial charge >= 0.3 is 11.9 Å². The molecule has 26 heavy (non-hydrogen) atoms. The van der Waals surface area contributed by atoms with Gasteiger partial charge in [0.25, 0.3) is 0 Å². The zero-order valence-electron chi connectivity index (χ0n) is 17.1. The first kappa shape index (κ1) is 24.4. The maximum atomic E-state index is 12.0. The summed E-state index contributed by atoms with van der Waals surface area (Å²) in [5, 5.41) is 8.81. The molecule has 0 saturated heterocycles. The first-order valence-electron chi connectivity index (χ1n) is 9.81. The highest BCUT2D eigenvalue weighted by molar-refractivity contribution is 5.71. The van der Waals surface area contributed by atoms with E-state index in [1.165, 1.54) is 38.5 Å². The van der Waals surface area contributed by atoms with Crippen LogP contribution in [0.2, 0.25) is 0 Å². The second kappa shape index (κ2) is 14.5. The summed E-state index contributed by atoms with van der Waals surface area (Å²) in [6, 6.07) is 0. The molecule has 0 aliphatic carbocycles. The van der Waals surface area contributed by atoms with Gasteiger partial charge in [-0.1, -0.05) is 63.3 Å². The van der Waals surface area contributed by atoms with Gasteiger partial charge in [-0.05, 0) is 12.8 Å². The van der Waals surface area contributed by atoms with Crippen molar-refractivity contribution in [3.8, 4) is 0 Å². The van der Waals surface area contributed by atoms with Crippen LogP contribution in [0.3, 0.4) is 0 Å².